The molecule has 0 fully saturated rings. The molecule has 0 aliphatic carbocycles. The van der Waals surface area contributed by atoms with Gasteiger partial charge in [-0.25, -0.2) is 4.98 Å². The van der Waals surface area contributed by atoms with Crippen molar-refractivity contribution in [1.82, 2.24) is 19.7 Å². The molecule has 74 valence electrons. The van der Waals surface area contributed by atoms with E-state index in [1.807, 2.05) is 13.8 Å². The highest BCUT2D eigenvalue weighted by Gasteiger charge is 2.14. The smallest absolute Gasteiger partial charge is 0.276 e. The van der Waals surface area contributed by atoms with E-state index in [0.717, 1.165) is 0 Å². The van der Waals surface area contributed by atoms with E-state index in [1.165, 1.54) is 6.33 Å². The number of H-pyrrole nitrogens is 1. The van der Waals surface area contributed by atoms with Crippen LogP contribution in [0.5, 0.6) is 0 Å². The quantitative estimate of drug-likeness (QED) is 0.841. The van der Waals surface area contributed by atoms with Gasteiger partial charge < -0.3 is 4.98 Å². The van der Waals surface area contributed by atoms with Crippen molar-refractivity contribution in [1.29, 1.82) is 0 Å². The molecule has 0 saturated heterocycles. The van der Waals surface area contributed by atoms with Crippen molar-refractivity contribution >= 4 is 27.0 Å². The topological polar surface area (TPSA) is 63.6 Å². The highest BCUT2D eigenvalue weighted by molar-refractivity contribution is 9.10. The largest absolute Gasteiger partial charge is 0.311 e. The first kappa shape index (κ1) is 9.39. The number of nitrogens with zero attached hydrogens (tertiary/aromatic N) is 3. The van der Waals surface area contributed by atoms with E-state index >= 15 is 0 Å². The summed E-state index contributed by atoms with van der Waals surface area (Å²) in [5.41, 5.74) is 0.943. The van der Waals surface area contributed by atoms with Crippen LogP contribution < -0.4 is 5.56 Å². The maximum Gasteiger partial charge on any atom is 0.276 e. The van der Waals surface area contributed by atoms with Crippen LogP contribution in [0.2, 0.25) is 0 Å². The van der Waals surface area contributed by atoms with E-state index in [1.54, 1.807) is 4.68 Å². The van der Waals surface area contributed by atoms with Crippen molar-refractivity contribution < 1.29 is 0 Å². The van der Waals surface area contributed by atoms with Crippen LogP contribution in [-0.2, 0) is 0 Å². The fourth-order valence-corrected chi connectivity index (χ4v) is 1.78. The van der Waals surface area contributed by atoms with Crippen molar-refractivity contribution in [2.45, 2.75) is 19.9 Å². The molecule has 2 aromatic rings. The normalized spacial score (nSPS) is 11.4. The van der Waals surface area contributed by atoms with Crippen LogP contribution in [-0.4, -0.2) is 19.7 Å². The maximum absolute atomic E-state index is 11.5. The van der Waals surface area contributed by atoms with Gasteiger partial charge in [0.1, 0.15) is 5.52 Å². The van der Waals surface area contributed by atoms with Gasteiger partial charge in [-0.1, -0.05) is 0 Å². The van der Waals surface area contributed by atoms with Gasteiger partial charge in [0, 0.05) is 6.04 Å². The van der Waals surface area contributed by atoms with Gasteiger partial charge in [0.15, 0.2) is 10.1 Å². The Morgan fingerprint density at radius 3 is 2.93 bits per heavy atom. The highest BCUT2D eigenvalue weighted by Crippen LogP contribution is 2.20. The minimum absolute atomic E-state index is 0.133. The molecule has 0 amide bonds. The Morgan fingerprint density at radius 2 is 2.29 bits per heavy atom. The highest BCUT2D eigenvalue weighted by atomic mass is 79.9. The summed E-state index contributed by atoms with van der Waals surface area (Å²) >= 11 is 3.27. The Bertz CT molecular complexity index is 528. The van der Waals surface area contributed by atoms with Gasteiger partial charge in [0.2, 0.25) is 0 Å². The molecule has 0 atom stereocenters. The van der Waals surface area contributed by atoms with Gasteiger partial charge >= 0.3 is 0 Å². The molecule has 0 aliphatic rings. The minimum atomic E-state index is -0.165. The summed E-state index contributed by atoms with van der Waals surface area (Å²) in [6, 6.07) is 0.133. The molecule has 2 rings (SSSR count). The van der Waals surface area contributed by atoms with E-state index in [-0.39, 0.29) is 11.6 Å². The first-order chi connectivity index (χ1) is 6.61. The van der Waals surface area contributed by atoms with E-state index in [0.29, 0.717) is 15.6 Å². The predicted octanol–water partition coefficient (Wildman–Crippen LogP) is 1.46. The van der Waals surface area contributed by atoms with E-state index in [9.17, 15) is 4.79 Å². The fourth-order valence-electron chi connectivity index (χ4n) is 1.32. The molecule has 2 aromatic heterocycles. The Hall–Kier alpha value is -1.17. The number of hydrogen-bond donors (Lipinski definition) is 1. The zero-order chi connectivity index (χ0) is 10.3. The summed E-state index contributed by atoms with van der Waals surface area (Å²) in [7, 11) is 0. The number of hydrogen-bond acceptors (Lipinski definition) is 3. The molecular weight excluding hydrogens is 248 g/mol. The number of nitrogens with one attached hydrogen (secondary N) is 1. The van der Waals surface area contributed by atoms with Gasteiger partial charge in [-0.3, -0.25) is 9.48 Å². The van der Waals surface area contributed by atoms with Crippen LogP contribution >= 0.6 is 15.9 Å². The number of aromatic nitrogens is 4. The third-order valence-electron chi connectivity index (χ3n) is 1.94. The lowest BCUT2D eigenvalue weighted by Gasteiger charge is -2.04. The zero-order valence-electron chi connectivity index (χ0n) is 7.78. The molecule has 14 heavy (non-hydrogen) atoms. The number of fused-ring (bicyclic) bond motifs is 1. The molecule has 5 nitrogen and oxygen atoms in total. The van der Waals surface area contributed by atoms with Crippen molar-refractivity contribution in [2.75, 3.05) is 0 Å². The van der Waals surface area contributed by atoms with Crippen LogP contribution in [0.3, 0.4) is 0 Å². The lowest BCUT2D eigenvalue weighted by atomic mass is 10.4. The van der Waals surface area contributed by atoms with Gasteiger partial charge in [-0.15, -0.1) is 0 Å². The number of aromatic amines is 1. The lowest BCUT2D eigenvalue weighted by Crippen LogP contribution is -2.13. The monoisotopic (exact) mass is 256 g/mol. The lowest BCUT2D eigenvalue weighted by molar-refractivity contribution is 0.546. The molecular formula is C8H9BrN4O. The molecule has 0 unspecified atom stereocenters. The Balaban J connectivity index is 2.93. The van der Waals surface area contributed by atoms with E-state index in [2.05, 4.69) is 31.0 Å². The molecule has 0 bridgehead atoms. The molecule has 0 aliphatic heterocycles. The maximum atomic E-state index is 11.5. The second-order valence-electron chi connectivity index (χ2n) is 3.26. The summed E-state index contributed by atoms with van der Waals surface area (Å²) in [6.07, 6.45) is 1.38. The molecule has 2 heterocycles. The average Bonchev–Trinajstić information content (AvgIpc) is 2.46. The second kappa shape index (κ2) is 3.20. The van der Waals surface area contributed by atoms with Gasteiger partial charge in [0.05, 0.1) is 6.33 Å². The third-order valence-corrected chi connectivity index (χ3v) is 2.47. The van der Waals surface area contributed by atoms with Crippen molar-refractivity contribution in [2.24, 2.45) is 0 Å². The van der Waals surface area contributed by atoms with Crippen LogP contribution in [0.4, 0.5) is 0 Å². The average molecular weight is 257 g/mol. The molecule has 0 spiro atoms. The molecule has 0 radical (unpaired) electrons. The first-order valence-electron chi connectivity index (χ1n) is 4.22. The van der Waals surface area contributed by atoms with Gasteiger partial charge in [0.25, 0.3) is 5.56 Å². The number of rotatable bonds is 1. The van der Waals surface area contributed by atoms with Crippen molar-refractivity contribution in [3.05, 3.63) is 21.3 Å². The fraction of sp³-hybridized carbons (Fsp3) is 0.375. The van der Waals surface area contributed by atoms with Crippen LogP contribution in [0.25, 0.3) is 11.0 Å². The molecule has 6 heteroatoms. The van der Waals surface area contributed by atoms with Crippen LogP contribution in [0.1, 0.15) is 19.9 Å². The van der Waals surface area contributed by atoms with Gasteiger partial charge in [-0.05, 0) is 29.8 Å². The van der Waals surface area contributed by atoms with Crippen LogP contribution in [0, 0.1) is 0 Å². The SMILES string of the molecule is CC(C)n1nc(Br)c2nc[nH]c(=O)c21. The Labute approximate surface area is 88.3 Å². The summed E-state index contributed by atoms with van der Waals surface area (Å²) in [5, 5.41) is 4.20. The van der Waals surface area contributed by atoms with E-state index < -0.39 is 0 Å². The molecule has 1 N–H and O–H groups in total. The molecule has 0 aromatic carbocycles. The Morgan fingerprint density at radius 1 is 1.57 bits per heavy atom. The van der Waals surface area contributed by atoms with Crippen LogP contribution in [0.15, 0.2) is 15.7 Å². The summed E-state index contributed by atoms with van der Waals surface area (Å²) in [6.45, 7) is 3.93. The standard InChI is InChI=1S/C8H9BrN4O/c1-4(2)13-6-5(7(9)12-13)10-3-11-8(6)14/h3-4H,1-2H3,(H,10,11,14). The van der Waals surface area contributed by atoms with Gasteiger partial charge in [-0.2, -0.15) is 5.10 Å². The summed E-state index contributed by atoms with van der Waals surface area (Å²) in [4.78, 5) is 18.1. The third kappa shape index (κ3) is 1.26. The zero-order valence-corrected chi connectivity index (χ0v) is 9.37. The van der Waals surface area contributed by atoms with Crippen molar-refractivity contribution in [3.8, 4) is 0 Å². The summed E-state index contributed by atoms with van der Waals surface area (Å²) < 4.78 is 2.26. The Kier molecular flexibility index (Phi) is 2.14. The second-order valence-corrected chi connectivity index (χ2v) is 4.01. The first-order valence-corrected chi connectivity index (χ1v) is 5.02. The molecule has 0 saturated carbocycles. The van der Waals surface area contributed by atoms with E-state index in [4.69, 9.17) is 0 Å². The predicted molar refractivity (Wildman–Crippen MR) is 56.2 cm³/mol. The van der Waals surface area contributed by atoms with Crippen molar-refractivity contribution in [3.63, 3.8) is 0 Å². The number of halogens is 1. The summed E-state index contributed by atoms with van der Waals surface area (Å²) in [5.74, 6) is 0. The minimum Gasteiger partial charge on any atom is -0.311 e.